The van der Waals surface area contributed by atoms with E-state index in [2.05, 4.69) is 10.2 Å². The molecule has 0 radical (unpaired) electrons. The van der Waals surface area contributed by atoms with Gasteiger partial charge in [0.2, 0.25) is 5.43 Å². The van der Waals surface area contributed by atoms with Crippen LogP contribution in [0.1, 0.15) is 0 Å². The van der Waals surface area contributed by atoms with Gasteiger partial charge in [0, 0.05) is 6.07 Å². The number of aromatic amines is 1. The average molecular weight is 239 g/mol. The van der Waals surface area contributed by atoms with E-state index in [0.29, 0.717) is 0 Å². The molecule has 0 aliphatic rings. The van der Waals surface area contributed by atoms with Crippen molar-refractivity contribution in [2.24, 2.45) is 0 Å². The van der Waals surface area contributed by atoms with Crippen molar-refractivity contribution in [3.63, 3.8) is 0 Å². The van der Waals surface area contributed by atoms with Crippen LogP contribution in [0.25, 0.3) is 0 Å². The van der Waals surface area contributed by atoms with E-state index in [-0.39, 0.29) is 22.5 Å². The third kappa shape index (κ3) is 2.14. The number of para-hydroxylation sites is 2. The molecule has 1 aromatic carbocycles. The second-order valence-corrected chi connectivity index (χ2v) is 3.36. The summed E-state index contributed by atoms with van der Waals surface area (Å²) in [6, 6.07) is 7.41. The number of benzene rings is 1. The molecule has 0 spiro atoms. The first-order chi connectivity index (χ1) is 7.66. The van der Waals surface area contributed by atoms with E-state index < -0.39 is 5.43 Å². The summed E-state index contributed by atoms with van der Waals surface area (Å²) in [5, 5.41) is 15.5. The molecule has 0 fully saturated rings. The fourth-order valence-electron chi connectivity index (χ4n) is 1.09. The van der Waals surface area contributed by atoms with Gasteiger partial charge < -0.3 is 9.84 Å². The Balaban J connectivity index is 2.35. The lowest BCUT2D eigenvalue weighted by molar-refractivity contribution is 0.397. The number of phenolic OH excluding ortho intramolecular Hbond substituents is 1. The molecule has 0 saturated carbocycles. The van der Waals surface area contributed by atoms with Gasteiger partial charge in [0.05, 0.1) is 0 Å². The smallest absolute Gasteiger partial charge is 0.285 e. The Kier molecular flexibility index (Phi) is 2.78. The fraction of sp³-hybridized carbons (Fsp3) is 0. The van der Waals surface area contributed by atoms with Gasteiger partial charge in [-0.05, 0) is 12.1 Å². The lowest BCUT2D eigenvalue weighted by Gasteiger charge is -2.04. The number of rotatable bonds is 2. The van der Waals surface area contributed by atoms with Crippen molar-refractivity contribution in [3.8, 4) is 17.4 Å². The lowest BCUT2D eigenvalue weighted by atomic mass is 10.3. The number of halogens is 1. The maximum atomic E-state index is 11.4. The van der Waals surface area contributed by atoms with Gasteiger partial charge in [0.15, 0.2) is 11.5 Å². The number of nitrogens with one attached hydrogen (secondary N) is 1. The molecule has 1 heterocycles. The molecule has 0 unspecified atom stereocenters. The maximum Gasteiger partial charge on any atom is 0.285 e. The fourth-order valence-corrected chi connectivity index (χ4v) is 1.23. The molecule has 0 amide bonds. The van der Waals surface area contributed by atoms with Crippen LogP contribution in [-0.4, -0.2) is 15.3 Å². The van der Waals surface area contributed by atoms with Crippen LogP contribution < -0.4 is 10.2 Å². The number of phenols is 1. The van der Waals surface area contributed by atoms with E-state index in [4.69, 9.17) is 16.3 Å². The van der Waals surface area contributed by atoms with Crippen LogP contribution in [0, 0.1) is 0 Å². The van der Waals surface area contributed by atoms with Crippen molar-refractivity contribution >= 4 is 11.6 Å². The van der Waals surface area contributed by atoms with Crippen LogP contribution in [0.5, 0.6) is 17.4 Å². The number of aromatic nitrogens is 2. The van der Waals surface area contributed by atoms with Gasteiger partial charge >= 0.3 is 0 Å². The Bertz CT molecular complexity index is 568. The minimum Gasteiger partial charge on any atom is -0.504 e. The van der Waals surface area contributed by atoms with Crippen LogP contribution in [-0.2, 0) is 0 Å². The highest BCUT2D eigenvalue weighted by atomic mass is 35.5. The maximum absolute atomic E-state index is 11.4. The van der Waals surface area contributed by atoms with Crippen molar-refractivity contribution in [2.75, 3.05) is 0 Å². The Morgan fingerprint density at radius 2 is 2.12 bits per heavy atom. The van der Waals surface area contributed by atoms with Gasteiger partial charge in [-0.15, -0.1) is 5.10 Å². The molecule has 5 nitrogen and oxygen atoms in total. The number of ether oxygens (including phenoxy) is 1. The summed E-state index contributed by atoms with van der Waals surface area (Å²) >= 11 is 5.53. The van der Waals surface area contributed by atoms with Gasteiger partial charge in [0.1, 0.15) is 5.15 Å². The highest BCUT2D eigenvalue weighted by molar-refractivity contribution is 6.29. The third-order valence-electron chi connectivity index (χ3n) is 1.80. The van der Waals surface area contributed by atoms with Crippen molar-refractivity contribution in [3.05, 3.63) is 45.7 Å². The van der Waals surface area contributed by atoms with Crippen molar-refractivity contribution in [2.45, 2.75) is 0 Å². The van der Waals surface area contributed by atoms with Crippen molar-refractivity contribution in [1.29, 1.82) is 0 Å². The Hall–Kier alpha value is -2.01. The second-order valence-electron chi connectivity index (χ2n) is 2.96. The molecule has 82 valence electrons. The zero-order valence-corrected chi connectivity index (χ0v) is 8.73. The molecule has 2 rings (SSSR count). The highest BCUT2D eigenvalue weighted by Crippen LogP contribution is 2.27. The topological polar surface area (TPSA) is 75.2 Å². The second kappa shape index (κ2) is 4.24. The molecule has 2 N–H and O–H groups in total. The van der Waals surface area contributed by atoms with Gasteiger partial charge in [-0.3, -0.25) is 9.89 Å². The van der Waals surface area contributed by atoms with Crippen LogP contribution in [0.15, 0.2) is 35.1 Å². The Morgan fingerprint density at radius 1 is 1.38 bits per heavy atom. The normalized spacial score (nSPS) is 10.1. The molecule has 1 aromatic heterocycles. The molecule has 0 aliphatic carbocycles. The molecule has 0 bridgehead atoms. The van der Waals surface area contributed by atoms with E-state index in [1.807, 2.05) is 0 Å². The van der Waals surface area contributed by atoms with E-state index in [9.17, 15) is 9.90 Å². The minimum absolute atomic E-state index is 0.0707. The summed E-state index contributed by atoms with van der Waals surface area (Å²) in [7, 11) is 0. The zero-order chi connectivity index (χ0) is 11.5. The number of nitrogens with zero attached hydrogens (tertiary/aromatic N) is 1. The molecule has 2 aromatic rings. The summed E-state index contributed by atoms with van der Waals surface area (Å²) in [5.74, 6) is -0.0904. The molecule has 0 saturated heterocycles. The van der Waals surface area contributed by atoms with Crippen LogP contribution in [0.2, 0.25) is 5.15 Å². The largest absolute Gasteiger partial charge is 0.504 e. The van der Waals surface area contributed by atoms with Crippen molar-refractivity contribution in [1.82, 2.24) is 10.2 Å². The van der Waals surface area contributed by atoms with Gasteiger partial charge in [-0.25, -0.2) is 0 Å². The van der Waals surface area contributed by atoms with E-state index in [0.717, 1.165) is 6.07 Å². The van der Waals surface area contributed by atoms with Gasteiger partial charge in [0.25, 0.3) is 5.88 Å². The standard InChI is InChI=1S/C10H7ClN2O3/c11-9-5-7(15)10(13-12-9)16-8-4-2-1-3-6(8)14/h1-5,14H,(H,12,15). The molecule has 0 aliphatic heterocycles. The predicted molar refractivity (Wildman–Crippen MR) is 58.0 cm³/mol. The quantitative estimate of drug-likeness (QED) is 0.838. The predicted octanol–water partition coefficient (Wildman–Crippen LogP) is 1.92. The van der Waals surface area contributed by atoms with Gasteiger partial charge in [-0.2, -0.15) is 0 Å². The monoisotopic (exact) mass is 238 g/mol. The van der Waals surface area contributed by atoms with E-state index in [1.54, 1.807) is 12.1 Å². The Morgan fingerprint density at radius 3 is 2.81 bits per heavy atom. The van der Waals surface area contributed by atoms with Crippen molar-refractivity contribution < 1.29 is 9.84 Å². The first-order valence-electron chi connectivity index (χ1n) is 4.38. The Labute approximate surface area is 95.3 Å². The summed E-state index contributed by atoms with van der Waals surface area (Å²) < 4.78 is 5.13. The number of hydrogen-bond donors (Lipinski definition) is 2. The SMILES string of the molecule is O=c1cc(Cl)[nH]nc1Oc1ccccc1O. The first kappa shape index (κ1) is 10.5. The lowest BCUT2D eigenvalue weighted by Crippen LogP contribution is -2.07. The van der Waals surface area contributed by atoms with E-state index >= 15 is 0 Å². The van der Waals surface area contributed by atoms with Crippen LogP contribution >= 0.6 is 11.6 Å². The zero-order valence-electron chi connectivity index (χ0n) is 7.98. The number of H-pyrrole nitrogens is 1. The minimum atomic E-state index is -0.466. The molecular weight excluding hydrogens is 232 g/mol. The van der Waals surface area contributed by atoms with Crippen LogP contribution in [0.4, 0.5) is 0 Å². The molecule has 16 heavy (non-hydrogen) atoms. The molecule has 0 atom stereocenters. The molecular formula is C10H7ClN2O3. The average Bonchev–Trinajstić information content (AvgIpc) is 2.25. The number of hydrogen-bond acceptors (Lipinski definition) is 4. The van der Waals surface area contributed by atoms with E-state index in [1.165, 1.54) is 12.1 Å². The van der Waals surface area contributed by atoms with Gasteiger partial charge in [-0.1, -0.05) is 23.7 Å². The van der Waals surface area contributed by atoms with Crippen LogP contribution in [0.3, 0.4) is 0 Å². The summed E-state index contributed by atoms with van der Waals surface area (Å²) in [6.07, 6.45) is 0. The first-order valence-corrected chi connectivity index (χ1v) is 4.75. The highest BCUT2D eigenvalue weighted by Gasteiger charge is 2.07. The molecule has 6 heteroatoms. The summed E-state index contributed by atoms with van der Waals surface area (Å²) in [4.78, 5) is 11.4. The summed E-state index contributed by atoms with van der Waals surface area (Å²) in [5.41, 5.74) is -0.466. The third-order valence-corrected chi connectivity index (χ3v) is 2.00. The summed E-state index contributed by atoms with van der Waals surface area (Å²) in [6.45, 7) is 0. The number of aromatic hydroxyl groups is 1.